The molecule has 0 N–H and O–H groups in total. The summed E-state index contributed by atoms with van der Waals surface area (Å²) in [6.07, 6.45) is 1.72. The fourth-order valence-electron chi connectivity index (χ4n) is 2.98. The van der Waals surface area contributed by atoms with Crippen LogP contribution in [0.5, 0.6) is 0 Å². The number of carbonyl (C=O) groups is 2. The topological polar surface area (TPSA) is 90.0 Å². The molecule has 8 heteroatoms. The summed E-state index contributed by atoms with van der Waals surface area (Å²) < 4.78 is 36.4. The lowest BCUT2D eigenvalue weighted by molar-refractivity contribution is 0.0472. The molecule has 0 atom stereocenters. The Labute approximate surface area is 163 Å². The highest BCUT2D eigenvalue weighted by atomic mass is 32.2. The van der Waals surface area contributed by atoms with E-state index in [1.807, 2.05) is 0 Å². The van der Waals surface area contributed by atoms with Gasteiger partial charge in [0.15, 0.2) is 0 Å². The van der Waals surface area contributed by atoms with Crippen LogP contribution in [0.3, 0.4) is 0 Å². The number of rotatable bonds is 6. The Hall–Kier alpha value is -2.71. The molecule has 0 spiro atoms. The van der Waals surface area contributed by atoms with Crippen LogP contribution < -0.4 is 0 Å². The molecule has 148 valence electrons. The zero-order chi connectivity index (χ0) is 20.1. The third-order valence-corrected chi connectivity index (χ3v) is 6.42. The molecule has 0 bridgehead atoms. The highest BCUT2D eigenvalue weighted by Gasteiger charge is 2.27. The molecule has 0 radical (unpaired) electrons. The number of ether oxygens (including phenoxy) is 2. The number of hydrogen-bond donors (Lipinski definition) is 0. The molecule has 0 amide bonds. The van der Waals surface area contributed by atoms with Gasteiger partial charge in [0.1, 0.15) is 6.61 Å². The van der Waals surface area contributed by atoms with Crippen molar-refractivity contribution in [2.75, 3.05) is 20.2 Å². The second-order valence-electron chi connectivity index (χ2n) is 6.40. The molecule has 7 nitrogen and oxygen atoms in total. The highest BCUT2D eigenvalue weighted by Crippen LogP contribution is 2.21. The normalized spacial score (nSPS) is 14.6. The maximum absolute atomic E-state index is 12.5. The van der Waals surface area contributed by atoms with E-state index in [1.54, 1.807) is 24.3 Å². The molecule has 28 heavy (non-hydrogen) atoms. The number of benzene rings is 2. The Kier molecular flexibility index (Phi) is 6.11. The molecule has 1 fully saturated rings. The summed E-state index contributed by atoms with van der Waals surface area (Å²) in [7, 11) is -2.22. The molecule has 0 aliphatic carbocycles. The van der Waals surface area contributed by atoms with Crippen LogP contribution >= 0.6 is 0 Å². The molecule has 1 aliphatic rings. The lowest BCUT2D eigenvalue weighted by Crippen LogP contribution is -2.27. The SMILES string of the molecule is COC(=O)c1cccc(COC(=O)c2ccc(S(=O)(=O)N3CCCC3)cc2)c1. The standard InChI is InChI=1S/C20H21NO6S/c1-26-19(22)17-6-4-5-15(13-17)14-27-20(23)16-7-9-18(10-8-16)28(24,25)21-11-2-3-12-21/h4-10,13H,2-3,11-12,14H2,1H3. The Morgan fingerprint density at radius 1 is 0.964 bits per heavy atom. The van der Waals surface area contributed by atoms with Crippen molar-refractivity contribution < 1.29 is 27.5 Å². The average molecular weight is 403 g/mol. The Morgan fingerprint density at radius 3 is 2.29 bits per heavy atom. The molecule has 0 aromatic heterocycles. The fraction of sp³-hybridized carbons (Fsp3) is 0.300. The van der Waals surface area contributed by atoms with Gasteiger partial charge in [-0.1, -0.05) is 12.1 Å². The second-order valence-corrected chi connectivity index (χ2v) is 8.34. The van der Waals surface area contributed by atoms with Crippen LogP contribution in [-0.2, 0) is 26.1 Å². The third kappa shape index (κ3) is 4.40. The van der Waals surface area contributed by atoms with E-state index in [2.05, 4.69) is 4.74 Å². The van der Waals surface area contributed by atoms with Crippen molar-refractivity contribution in [2.45, 2.75) is 24.3 Å². The third-order valence-electron chi connectivity index (χ3n) is 4.51. The van der Waals surface area contributed by atoms with Crippen LogP contribution in [0.25, 0.3) is 0 Å². The average Bonchev–Trinajstić information content (AvgIpc) is 3.27. The highest BCUT2D eigenvalue weighted by molar-refractivity contribution is 7.89. The van der Waals surface area contributed by atoms with Crippen LogP contribution in [0, 0.1) is 0 Å². The van der Waals surface area contributed by atoms with Gasteiger partial charge in [0.05, 0.1) is 23.1 Å². The van der Waals surface area contributed by atoms with Gasteiger partial charge in [-0.25, -0.2) is 18.0 Å². The van der Waals surface area contributed by atoms with E-state index in [4.69, 9.17) is 4.74 Å². The number of esters is 2. The lowest BCUT2D eigenvalue weighted by atomic mass is 10.1. The number of hydrogen-bond acceptors (Lipinski definition) is 6. The van der Waals surface area contributed by atoms with Gasteiger partial charge in [-0.05, 0) is 54.8 Å². The quantitative estimate of drug-likeness (QED) is 0.689. The van der Waals surface area contributed by atoms with Crippen LogP contribution in [-0.4, -0.2) is 44.9 Å². The van der Waals surface area contributed by atoms with Crippen LogP contribution in [0.15, 0.2) is 53.4 Å². The molecular formula is C20H21NO6S. The predicted octanol–water partition coefficient (Wildman–Crippen LogP) is 2.61. The number of carbonyl (C=O) groups excluding carboxylic acids is 2. The largest absolute Gasteiger partial charge is 0.465 e. The van der Waals surface area contributed by atoms with Gasteiger partial charge in [-0.15, -0.1) is 0 Å². The summed E-state index contributed by atoms with van der Waals surface area (Å²) in [6, 6.07) is 12.3. The first-order valence-electron chi connectivity index (χ1n) is 8.86. The van der Waals surface area contributed by atoms with Crippen LogP contribution in [0.2, 0.25) is 0 Å². The maximum Gasteiger partial charge on any atom is 0.338 e. The van der Waals surface area contributed by atoms with E-state index < -0.39 is 22.0 Å². The van der Waals surface area contributed by atoms with E-state index in [0.717, 1.165) is 12.8 Å². The molecule has 2 aromatic carbocycles. The first-order chi connectivity index (χ1) is 13.4. The van der Waals surface area contributed by atoms with Gasteiger partial charge < -0.3 is 9.47 Å². The summed E-state index contributed by atoms with van der Waals surface area (Å²) in [5.74, 6) is -1.04. The molecule has 2 aromatic rings. The molecular weight excluding hydrogens is 382 g/mol. The lowest BCUT2D eigenvalue weighted by Gasteiger charge is -2.15. The zero-order valence-electron chi connectivity index (χ0n) is 15.5. The molecule has 1 saturated heterocycles. The molecule has 3 rings (SSSR count). The minimum absolute atomic E-state index is 0.0164. The summed E-state index contributed by atoms with van der Waals surface area (Å²) in [5, 5.41) is 0. The minimum Gasteiger partial charge on any atom is -0.465 e. The van der Waals surface area contributed by atoms with E-state index >= 15 is 0 Å². The van der Waals surface area contributed by atoms with Crippen molar-refractivity contribution in [1.29, 1.82) is 0 Å². The number of nitrogens with zero attached hydrogens (tertiary/aromatic N) is 1. The van der Waals surface area contributed by atoms with Crippen molar-refractivity contribution in [2.24, 2.45) is 0 Å². The second kappa shape index (κ2) is 8.53. The Morgan fingerprint density at radius 2 is 1.64 bits per heavy atom. The van der Waals surface area contributed by atoms with Gasteiger partial charge in [0, 0.05) is 13.1 Å². The molecule has 1 aliphatic heterocycles. The van der Waals surface area contributed by atoms with Gasteiger partial charge >= 0.3 is 11.9 Å². The first kappa shape index (κ1) is 20.0. The van der Waals surface area contributed by atoms with Crippen LogP contribution in [0.4, 0.5) is 0 Å². The Bertz CT molecular complexity index is 962. The zero-order valence-corrected chi connectivity index (χ0v) is 16.3. The van der Waals surface area contributed by atoms with Gasteiger partial charge in [0.2, 0.25) is 10.0 Å². The maximum atomic E-state index is 12.5. The predicted molar refractivity (Wildman–Crippen MR) is 101 cm³/mol. The van der Waals surface area contributed by atoms with Crippen molar-refractivity contribution in [3.8, 4) is 0 Å². The fourth-order valence-corrected chi connectivity index (χ4v) is 4.50. The summed E-state index contributed by atoms with van der Waals surface area (Å²) in [4.78, 5) is 24.0. The molecule has 0 unspecified atom stereocenters. The number of methoxy groups -OCH3 is 1. The van der Waals surface area contributed by atoms with E-state index in [9.17, 15) is 18.0 Å². The van der Waals surface area contributed by atoms with E-state index in [-0.39, 0.29) is 17.1 Å². The Balaban J connectivity index is 1.64. The number of sulfonamides is 1. The van der Waals surface area contributed by atoms with Gasteiger partial charge in [-0.3, -0.25) is 0 Å². The van der Waals surface area contributed by atoms with Crippen LogP contribution in [0.1, 0.15) is 39.1 Å². The molecule has 0 saturated carbocycles. The van der Waals surface area contributed by atoms with Crippen molar-refractivity contribution in [1.82, 2.24) is 4.31 Å². The summed E-state index contributed by atoms with van der Waals surface area (Å²) >= 11 is 0. The smallest absolute Gasteiger partial charge is 0.338 e. The van der Waals surface area contributed by atoms with E-state index in [1.165, 1.54) is 35.7 Å². The van der Waals surface area contributed by atoms with Gasteiger partial charge in [0.25, 0.3) is 0 Å². The van der Waals surface area contributed by atoms with Crippen molar-refractivity contribution >= 4 is 22.0 Å². The van der Waals surface area contributed by atoms with Gasteiger partial charge in [-0.2, -0.15) is 4.31 Å². The summed E-state index contributed by atoms with van der Waals surface area (Å²) in [6.45, 7) is 1.03. The summed E-state index contributed by atoms with van der Waals surface area (Å²) in [5.41, 5.74) is 1.27. The van der Waals surface area contributed by atoms with E-state index in [0.29, 0.717) is 24.2 Å². The first-order valence-corrected chi connectivity index (χ1v) is 10.3. The van der Waals surface area contributed by atoms with Crippen molar-refractivity contribution in [3.05, 3.63) is 65.2 Å². The minimum atomic E-state index is -3.51. The molecule has 1 heterocycles. The monoisotopic (exact) mass is 403 g/mol. The van der Waals surface area contributed by atoms with Crippen molar-refractivity contribution in [3.63, 3.8) is 0 Å².